The van der Waals surface area contributed by atoms with E-state index in [-0.39, 0.29) is 5.69 Å². The minimum absolute atomic E-state index is 0.0659. The number of hydrogen-bond acceptors (Lipinski definition) is 5. The van der Waals surface area contributed by atoms with Crippen LogP contribution in [0.5, 0.6) is 0 Å². The first kappa shape index (κ1) is 18.6. The predicted octanol–water partition coefficient (Wildman–Crippen LogP) is 3.61. The van der Waals surface area contributed by atoms with Gasteiger partial charge in [-0.05, 0) is 75.0 Å². The Morgan fingerprint density at radius 1 is 1.21 bits per heavy atom. The summed E-state index contributed by atoms with van der Waals surface area (Å²) in [5, 5.41) is 17.6. The Hall–Kier alpha value is -1.76. The molecule has 0 spiro atoms. The molecule has 2 N–H and O–H groups in total. The lowest BCUT2D eigenvalue weighted by Crippen LogP contribution is -2.17. The van der Waals surface area contributed by atoms with Crippen LogP contribution in [0.4, 0.5) is 11.4 Å². The monoisotopic (exact) mass is 550 g/mol. The van der Waals surface area contributed by atoms with Crippen LogP contribution in [0.3, 0.4) is 0 Å². The quantitative estimate of drug-likeness (QED) is 0.258. The number of nitro groups is 1. The summed E-state index contributed by atoms with van der Waals surface area (Å²) in [5.74, 6) is -0.433. The van der Waals surface area contributed by atoms with Crippen molar-refractivity contribution in [2.75, 3.05) is 12.4 Å². The summed E-state index contributed by atoms with van der Waals surface area (Å²) in [4.78, 5) is 22.0. The molecule has 0 radical (unpaired) electrons. The van der Waals surface area contributed by atoms with Gasteiger partial charge in [0.2, 0.25) is 0 Å². The van der Waals surface area contributed by atoms with Gasteiger partial charge in [-0.25, -0.2) is 5.43 Å². The van der Waals surface area contributed by atoms with Crippen molar-refractivity contribution in [2.24, 2.45) is 5.10 Å². The molecule has 0 aromatic heterocycles. The highest BCUT2D eigenvalue weighted by molar-refractivity contribution is 14.1. The van der Waals surface area contributed by atoms with Crippen molar-refractivity contribution < 1.29 is 9.72 Å². The average molecular weight is 550 g/mol. The molecule has 9 heteroatoms. The summed E-state index contributed by atoms with van der Waals surface area (Å²) in [7, 11) is 1.86. The zero-order chi connectivity index (χ0) is 17.7. The first-order valence-electron chi connectivity index (χ1n) is 6.67. The largest absolute Gasteiger partial charge is 0.386 e. The van der Waals surface area contributed by atoms with Gasteiger partial charge < -0.3 is 5.32 Å². The van der Waals surface area contributed by atoms with Crippen molar-refractivity contribution in [2.45, 2.75) is 0 Å². The maximum atomic E-state index is 11.9. The predicted molar refractivity (Wildman–Crippen MR) is 110 cm³/mol. The van der Waals surface area contributed by atoms with Gasteiger partial charge in [0.05, 0.1) is 16.8 Å². The van der Waals surface area contributed by atoms with Gasteiger partial charge in [0.15, 0.2) is 0 Å². The fourth-order valence-corrected chi connectivity index (χ4v) is 4.23. The molecule has 24 heavy (non-hydrogen) atoms. The minimum atomic E-state index is -0.516. The van der Waals surface area contributed by atoms with E-state index in [1.54, 1.807) is 6.21 Å². The van der Waals surface area contributed by atoms with Gasteiger partial charge in [-0.2, -0.15) is 5.10 Å². The van der Waals surface area contributed by atoms with Gasteiger partial charge >= 0.3 is 0 Å². The van der Waals surface area contributed by atoms with Crippen LogP contribution in [0.15, 0.2) is 41.5 Å². The number of halogens is 2. The Bertz CT molecular complexity index is 784. The third-order valence-corrected chi connectivity index (χ3v) is 4.74. The molecule has 0 bridgehead atoms. The van der Waals surface area contributed by atoms with E-state index >= 15 is 0 Å². The number of nitrogens with zero attached hydrogens (tertiary/aromatic N) is 2. The Labute approximate surface area is 165 Å². The van der Waals surface area contributed by atoms with E-state index < -0.39 is 10.8 Å². The molecule has 124 valence electrons. The Morgan fingerprint density at radius 2 is 1.79 bits per heavy atom. The summed E-state index contributed by atoms with van der Waals surface area (Å²) in [5.41, 5.74) is 4.53. The van der Waals surface area contributed by atoms with Gasteiger partial charge in [0, 0.05) is 31.9 Å². The molecule has 0 aliphatic heterocycles. The highest BCUT2D eigenvalue weighted by Gasteiger charge is 2.09. The molecule has 2 aromatic carbocycles. The number of carbonyl (C=O) groups is 1. The topological polar surface area (TPSA) is 96.6 Å². The maximum Gasteiger partial charge on any atom is 0.271 e. The third-order valence-electron chi connectivity index (χ3n) is 3.03. The van der Waals surface area contributed by atoms with Crippen molar-refractivity contribution in [3.05, 3.63) is 64.8 Å². The number of nitrogens with one attached hydrogen (secondary N) is 2. The van der Waals surface area contributed by atoms with Crippen molar-refractivity contribution >= 4 is 68.7 Å². The second kappa shape index (κ2) is 8.37. The van der Waals surface area contributed by atoms with Gasteiger partial charge in [0.1, 0.15) is 0 Å². The van der Waals surface area contributed by atoms with Crippen LogP contribution in [0.1, 0.15) is 15.9 Å². The highest BCUT2D eigenvalue weighted by atomic mass is 127. The molecule has 0 atom stereocenters. The number of anilines is 1. The third kappa shape index (κ3) is 4.63. The van der Waals surface area contributed by atoms with Crippen LogP contribution in [0.25, 0.3) is 0 Å². The first-order valence-corrected chi connectivity index (χ1v) is 8.82. The molecule has 0 saturated heterocycles. The van der Waals surface area contributed by atoms with Crippen LogP contribution in [0, 0.1) is 17.3 Å². The van der Waals surface area contributed by atoms with Gasteiger partial charge in [0.25, 0.3) is 11.6 Å². The van der Waals surface area contributed by atoms with Crippen molar-refractivity contribution in [1.29, 1.82) is 0 Å². The lowest BCUT2D eigenvalue weighted by atomic mass is 10.2. The summed E-state index contributed by atoms with van der Waals surface area (Å²) >= 11 is 4.45. The fraction of sp³-hybridized carbons (Fsp3) is 0.0667. The second-order valence-electron chi connectivity index (χ2n) is 4.61. The van der Waals surface area contributed by atoms with Gasteiger partial charge in [-0.15, -0.1) is 0 Å². The molecular formula is C15H12I2N4O3. The highest BCUT2D eigenvalue weighted by Crippen LogP contribution is 2.25. The number of nitro benzene ring substituents is 1. The number of rotatable bonds is 5. The van der Waals surface area contributed by atoms with Crippen LogP contribution >= 0.6 is 45.2 Å². The fourth-order valence-electron chi connectivity index (χ4n) is 1.87. The molecule has 7 nitrogen and oxygen atoms in total. The van der Waals surface area contributed by atoms with E-state index in [9.17, 15) is 14.9 Å². The molecule has 0 saturated carbocycles. The molecule has 0 unspecified atom stereocenters. The summed E-state index contributed by atoms with van der Waals surface area (Å²) in [6, 6.07) is 9.21. The lowest BCUT2D eigenvalue weighted by Gasteiger charge is -2.07. The van der Waals surface area contributed by atoms with Gasteiger partial charge in [-0.1, -0.05) is 0 Å². The second-order valence-corrected chi connectivity index (χ2v) is 6.94. The standard InChI is InChI=1S/C15H12I2N4O3/c1-18-14-12(16)6-9(7-13(14)17)8-19-20-15(22)10-2-4-11(5-3-10)21(23)24/h2-8,18H,1H3,(H,20,22)/b19-8+. The minimum Gasteiger partial charge on any atom is -0.386 e. The molecule has 0 heterocycles. The molecular weight excluding hydrogens is 538 g/mol. The summed E-state index contributed by atoms with van der Waals surface area (Å²) in [6.07, 6.45) is 1.55. The molecule has 1 amide bonds. The number of benzene rings is 2. The number of hydrogen-bond donors (Lipinski definition) is 2. The van der Waals surface area contributed by atoms with Crippen LogP contribution in [-0.4, -0.2) is 24.1 Å². The smallest absolute Gasteiger partial charge is 0.271 e. The number of hydrazone groups is 1. The van der Waals surface area contributed by atoms with E-state index in [4.69, 9.17) is 0 Å². The van der Waals surface area contributed by atoms with E-state index in [1.165, 1.54) is 24.3 Å². The zero-order valence-electron chi connectivity index (χ0n) is 12.4. The molecule has 2 rings (SSSR count). The number of carbonyl (C=O) groups excluding carboxylic acids is 1. The Morgan fingerprint density at radius 3 is 2.29 bits per heavy atom. The van der Waals surface area contributed by atoms with Gasteiger partial charge in [-0.3, -0.25) is 14.9 Å². The Balaban J connectivity index is 2.06. The SMILES string of the molecule is CNc1c(I)cc(/C=N/NC(=O)c2ccc([N+](=O)[O-])cc2)cc1I. The lowest BCUT2D eigenvalue weighted by molar-refractivity contribution is -0.384. The van der Waals surface area contributed by atoms with Crippen LogP contribution < -0.4 is 10.7 Å². The summed E-state index contributed by atoms with van der Waals surface area (Å²) in [6.45, 7) is 0. The van der Waals surface area contributed by atoms with E-state index in [1.807, 2.05) is 19.2 Å². The summed E-state index contributed by atoms with van der Waals surface area (Å²) < 4.78 is 2.09. The van der Waals surface area contributed by atoms with E-state index in [0.717, 1.165) is 18.4 Å². The van der Waals surface area contributed by atoms with Crippen molar-refractivity contribution in [3.8, 4) is 0 Å². The number of amides is 1. The molecule has 2 aromatic rings. The molecule has 0 aliphatic rings. The van der Waals surface area contributed by atoms with Crippen LogP contribution in [-0.2, 0) is 0 Å². The normalized spacial score (nSPS) is 10.6. The van der Waals surface area contributed by atoms with E-state index in [0.29, 0.717) is 5.56 Å². The average Bonchev–Trinajstić information content (AvgIpc) is 2.54. The molecule has 0 fully saturated rings. The van der Waals surface area contributed by atoms with E-state index in [2.05, 4.69) is 61.0 Å². The number of non-ortho nitro benzene ring substituents is 1. The molecule has 0 aliphatic carbocycles. The first-order chi connectivity index (χ1) is 11.4. The van der Waals surface area contributed by atoms with Crippen molar-refractivity contribution in [1.82, 2.24) is 5.43 Å². The zero-order valence-corrected chi connectivity index (χ0v) is 16.7. The van der Waals surface area contributed by atoms with Crippen molar-refractivity contribution in [3.63, 3.8) is 0 Å². The van der Waals surface area contributed by atoms with Crippen LogP contribution in [0.2, 0.25) is 0 Å². The Kier molecular flexibility index (Phi) is 6.48. The maximum absolute atomic E-state index is 11.9.